The van der Waals surface area contributed by atoms with Gasteiger partial charge in [-0.25, -0.2) is 9.18 Å². The molecular weight excluding hydrogens is 560 g/mol. The van der Waals surface area contributed by atoms with Gasteiger partial charge >= 0.3 is 12.1 Å². The maximum Gasteiger partial charge on any atom is 0.490 e. The van der Waals surface area contributed by atoms with Crippen molar-refractivity contribution < 1.29 is 41.8 Å². The second kappa shape index (κ2) is 15.3. The third kappa shape index (κ3) is 10.8. The molecule has 14 heteroatoms. The number of amides is 2. The Morgan fingerprint density at radius 2 is 1.73 bits per heavy atom. The summed E-state index contributed by atoms with van der Waals surface area (Å²) in [5.74, 6) is -3.85. The summed E-state index contributed by atoms with van der Waals surface area (Å²) < 4.78 is 51.9. The SMILES string of the molecule is NC(=O)CCCN(C(=O)c1cc(Cl)cc(OCCNc2ccncc2)c1)c1ccccc1F.O=C(O)C(F)(F)F. The Hall–Kier alpha value is -4.39. The van der Waals surface area contributed by atoms with Gasteiger partial charge in [0.05, 0.1) is 5.69 Å². The predicted octanol–water partition coefficient (Wildman–Crippen LogP) is 4.91. The number of anilines is 2. The molecule has 3 rings (SSSR count). The first-order valence-corrected chi connectivity index (χ1v) is 12.0. The zero-order chi connectivity index (χ0) is 29.7. The number of halogens is 5. The molecule has 0 saturated heterocycles. The summed E-state index contributed by atoms with van der Waals surface area (Å²) in [5.41, 5.74) is 6.47. The number of aromatic nitrogens is 1. The fourth-order valence-corrected chi connectivity index (χ4v) is 3.40. The molecular formula is C26H25ClF4N4O5. The molecule has 1 aromatic heterocycles. The van der Waals surface area contributed by atoms with Crippen LogP contribution in [0.5, 0.6) is 5.75 Å². The Bertz CT molecular complexity index is 1300. The summed E-state index contributed by atoms with van der Waals surface area (Å²) in [5, 5.41) is 10.6. The molecule has 0 aliphatic heterocycles. The summed E-state index contributed by atoms with van der Waals surface area (Å²) in [6.07, 6.45) is -1.35. The van der Waals surface area contributed by atoms with Crippen molar-refractivity contribution in [2.75, 3.05) is 29.9 Å². The molecule has 0 unspecified atom stereocenters. The highest BCUT2D eigenvalue weighted by molar-refractivity contribution is 6.31. The lowest BCUT2D eigenvalue weighted by Crippen LogP contribution is -2.33. The number of pyridine rings is 1. The Labute approximate surface area is 231 Å². The van der Waals surface area contributed by atoms with Crippen molar-refractivity contribution >= 4 is 40.8 Å². The Kier molecular flexibility index (Phi) is 12.1. The number of ether oxygens (including phenoxy) is 1. The molecule has 0 aliphatic carbocycles. The predicted molar refractivity (Wildman–Crippen MR) is 140 cm³/mol. The second-order valence-corrected chi connectivity index (χ2v) is 8.40. The van der Waals surface area contributed by atoms with Gasteiger partial charge in [0.25, 0.3) is 5.91 Å². The number of para-hydroxylation sites is 1. The molecule has 0 radical (unpaired) electrons. The van der Waals surface area contributed by atoms with E-state index in [0.717, 1.165) is 5.69 Å². The normalized spacial score (nSPS) is 10.6. The molecule has 3 aromatic rings. The van der Waals surface area contributed by atoms with Crippen LogP contribution in [0.4, 0.5) is 28.9 Å². The molecule has 0 saturated carbocycles. The van der Waals surface area contributed by atoms with Crippen LogP contribution in [0.3, 0.4) is 0 Å². The minimum atomic E-state index is -5.08. The van der Waals surface area contributed by atoms with E-state index in [2.05, 4.69) is 10.3 Å². The van der Waals surface area contributed by atoms with E-state index in [1.807, 2.05) is 12.1 Å². The van der Waals surface area contributed by atoms with Crippen molar-refractivity contribution in [2.45, 2.75) is 19.0 Å². The number of hydrogen-bond donors (Lipinski definition) is 3. The zero-order valence-corrected chi connectivity index (χ0v) is 21.6. The van der Waals surface area contributed by atoms with Crippen LogP contribution in [0.15, 0.2) is 67.0 Å². The van der Waals surface area contributed by atoms with Gasteiger partial charge in [0.1, 0.15) is 18.2 Å². The summed E-state index contributed by atoms with van der Waals surface area (Å²) in [4.78, 5) is 38.6. The van der Waals surface area contributed by atoms with Crippen LogP contribution in [0.1, 0.15) is 23.2 Å². The van der Waals surface area contributed by atoms with Crippen molar-refractivity contribution in [3.63, 3.8) is 0 Å². The summed E-state index contributed by atoms with van der Waals surface area (Å²) in [6, 6.07) is 14.3. The lowest BCUT2D eigenvalue weighted by atomic mass is 10.1. The van der Waals surface area contributed by atoms with Crippen LogP contribution in [0, 0.1) is 5.82 Å². The highest BCUT2D eigenvalue weighted by atomic mass is 35.5. The number of carboxylic acid groups (broad SMARTS) is 1. The van der Waals surface area contributed by atoms with E-state index < -0.39 is 29.8 Å². The van der Waals surface area contributed by atoms with E-state index in [1.165, 1.54) is 29.2 Å². The van der Waals surface area contributed by atoms with Crippen LogP contribution in [0.2, 0.25) is 5.02 Å². The molecule has 0 atom stereocenters. The highest BCUT2D eigenvalue weighted by Gasteiger charge is 2.38. The largest absolute Gasteiger partial charge is 0.492 e. The molecule has 9 nitrogen and oxygen atoms in total. The number of benzene rings is 2. The number of carbonyl (C=O) groups is 3. The quantitative estimate of drug-likeness (QED) is 0.215. The van der Waals surface area contributed by atoms with Crippen LogP contribution in [-0.2, 0) is 9.59 Å². The third-order valence-electron chi connectivity index (χ3n) is 4.93. The van der Waals surface area contributed by atoms with Gasteiger partial charge in [-0.15, -0.1) is 0 Å². The number of nitrogens with one attached hydrogen (secondary N) is 1. The number of alkyl halides is 3. The average Bonchev–Trinajstić information content (AvgIpc) is 2.89. The van der Waals surface area contributed by atoms with E-state index in [0.29, 0.717) is 30.3 Å². The topological polar surface area (TPSA) is 135 Å². The van der Waals surface area contributed by atoms with Crippen molar-refractivity contribution in [2.24, 2.45) is 5.73 Å². The smallest absolute Gasteiger partial charge is 0.490 e. The summed E-state index contributed by atoms with van der Waals surface area (Å²) in [7, 11) is 0. The first-order valence-electron chi connectivity index (χ1n) is 11.6. The summed E-state index contributed by atoms with van der Waals surface area (Å²) in [6.45, 7) is 0.960. The van der Waals surface area contributed by atoms with Crippen molar-refractivity contribution in [3.8, 4) is 5.75 Å². The first kappa shape index (κ1) is 31.8. The molecule has 0 aliphatic rings. The minimum absolute atomic E-state index is 0.0760. The van der Waals surface area contributed by atoms with Gasteiger partial charge in [-0.05, 0) is 48.9 Å². The monoisotopic (exact) mass is 584 g/mol. The van der Waals surface area contributed by atoms with E-state index >= 15 is 0 Å². The van der Waals surface area contributed by atoms with Crippen molar-refractivity contribution in [1.82, 2.24) is 4.98 Å². The van der Waals surface area contributed by atoms with Gasteiger partial charge in [0, 0.05) is 48.2 Å². The number of nitrogens with zero attached hydrogens (tertiary/aromatic N) is 2. The molecule has 4 N–H and O–H groups in total. The zero-order valence-electron chi connectivity index (χ0n) is 20.8. The summed E-state index contributed by atoms with van der Waals surface area (Å²) >= 11 is 6.22. The standard InChI is InChI=1S/C24H24ClFN4O3.C2HF3O2/c25-18-14-17(15-20(16-18)33-13-11-29-19-7-9-28-10-8-19)24(32)30(12-3-6-23(27)31)22-5-2-1-4-21(22)26;3-2(4,5)1(6)7/h1-2,4-5,7-10,14-16H,3,6,11-13H2,(H2,27,31)(H,28,29);(H,6,7). The Morgan fingerprint density at radius 3 is 2.33 bits per heavy atom. The second-order valence-electron chi connectivity index (χ2n) is 7.97. The number of carbonyl (C=O) groups excluding carboxylic acids is 2. The molecule has 40 heavy (non-hydrogen) atoms. The molecule has 0 fully saturated rings. The molecule has 2 amide bonds. The van der Waals surface area contributed by atoms with E-state index in [1.54, 1.807) is 30.6 Å². The van der Waals surface area contributed by atoms with Crippen LogP contribution >= 0.6 is 11.6 Å². The van der Waals surface area contributed by atoms with Gasteiger partial charge < -0.3 is 25.8 Å². The molecule has 2 aromatic carbocycles. The number of primary amides is 1. The van der Waals surface area contributed by atoms with Crippen molar-refractivity contribution in [3.05, 3.63) is 83.4 Å². The molecule has 214 valence electrons. The van der Waals surface area contributed by atoms with Crippen LogP contribution in [-0.4, -0.2) is 53.7 Å². The highest BCUT2D eigenvalue weighted by Crippen LogP contribution is 2.26. The number of carboxylic acids is 1. The number of aliphatic carboxylic acids is 1. The fraction of sp³-hybridized carbons (Fsp3) is 0.231. The molecule has 1 heterocycles. The molecule has 0 spiro atoms. The van der Waals surface area contributed by atoms with E-state index in [-0.39, 0.29) is 24.2 Å². The van der Waals surface area contributed by atoms with Gasteiger partial charge in [-0.3, -0.25) is 14.6 Å². The Balaban J connectivity index is 0.000000708. The van der Waals surface area contributed by atoms with Gasteiger partial charge in [-0.1, -0.05) is 23.7 Å². The minimum Gasteiger partial charge on any atom is -0.492 e. The maximum absolute atomic E-state index is 14.5. The van der Waals surface area contributed by atoms with Gasteiger partial charge in [-0.2, -0.15) is 13.2 Å². The van der Waals surface area contributed by atoms with Crippen molar-refractivity contribution in [1.29, 1.82) is 0 Å². The van der Waals surface area contributed by atoms with Gasteiger partial charge in [0.15, 0.2) is 0 Å². The maximum atomic E-state index is 14.5. The molecule has 0 bridgehead atoms. The van der Waals surface area contributed by atoms with Crippen LogP contribution in [0.25, 0.3) is 0 Å². The first-order chi connectivity index (χ1) is 18.9. The number of rotatable bonds is 11. The van der Waals surface area contributed by atoms with E-state index in [4.69, 9.17) is 32.0 Å². The Morgan fingerprint density at radius 1 is 1.07 bits per heavy atom. The number of hydrogen-bond acceptors (Lipinski definition) is 6. The third-order valence-corrected chi connectivity index (χ3v) is 5.15. The fourth-order valence-electron chi connectivity index (χ4n) is 3.17. The number of nitrogens with two attached hydrogens (primary N) is 1. The lowest BCUT2D eigenvalue weighted by Gasteiger charge is -2.23. The van der Waals surface area contributed by atoms with E-state index in [9.17, 15) is 27.2 Å². The average molecular weight is 585 g/mol. The van der Waals surface area contributed by atoms with Crippen LogP contribution < -0.4 is 20.7 Å². The lowest BCUT2D eigenvalue weighted by molar-refractivity contribution is -0.192. The van der Waals surface area contributed by atoms with Gasteiger partial charge in [0.2, 0.25) is 5.91 Å².